The van der Waals surface area contributed by atoms with Gasteiger partial charge in [0.2, 0.25) is 0 Å². The van der Waals surface area contributed by atoms with E-state index in [1.807, 2.05) is 11.0 Å². The van der Waals surface area contributed by atoms with Crippen molar-refractivity contribution in [1.82, 2.24) is 4.98 Å². The monoisotopic (exact) mass is 380 g/mol. The van der Waals surface area contributed by atoms with Crippen molar-refractivity contribution in [1.29, 1.82) is 0 Å². The van der Waals surface area contributed by atoms with Gasteiger partial charge in [-0.3, -0.25) is 0 Å². The minimum absolute atomic E-state index is 0.0262. The molecule has 0 N–H and O–H groups in total. The Bertz CT molecular complexity index is 876. The minimum Gasteiger partial charge on any atom is -0.462 e. The van der Waals surface area contributed by atoms with Crippen molar-refractivity contribution in [2.24, 2.45) is 5.92 Å². The first-order valence-electron chi connectivity index (χ1n) is 8.95. The molecule has 0 amide bonds. The van der Waals surface area contributed by atoms with Gasteiger partial charge in [0, 0.05) is 25.9 Å². The zero-order valence-corrected chi connectivity index (χ0v) is 14.8. The van der Waals surface area contributed by atoms with Gasteiger partial charge >= 0.3 is 12.1 Å². The third-order valence-corrected chi connectivity index (χ3v) is 5.14. The Morgan fingerprint density at radius 1 is 1.37 bits per heavy atom. The summed E-state index contributed by atoms with van der Waals surface area (Å²) in [4.78, 5) is 18.3. The van der Waals surface area contributed by atoms with Crippen LogP contribution in [0.2, 0.25) is 0 Å². The van der Waals surface area contributed by atoms with E-state index in [1.165, 1.54) is 0 Å². The first kappa shape index (κ1) is 17.9. The zero-order valence-electron chi connectivity index (χ0n) is 14.8. The highest BCUT2D eigenvalue weighted by Gasteiger charge is 2.43. The Labute approximate surface area is 154 Å². The highest BCUT2D eigenvalue weighted by molar-refractivity contribution is 5.92. The maximum Gasteiger partial charge on any atom is 0.392 e. The van der Waals surface area contributed by atoms with Crippen LogP contribution in [-0.4, -0.2) is 23.7 Å². The summed E-state index contributed by atoms with van der Waals surface area (Å²) in [5, 5.41) is 0. The summed E-state index contributed by atoms with van der Waals surface area (Å²) < 4.78 is 49.8. The molecule has 0 saturated carbocycles. The summed E-state index contributed by atoms with van der Waals surface area (Å²) in [6.45, 7) is 2.94. The van der Waals surface area contributed by atoms with Gasteiger partial charge in [0.15, 0.2) is 0 Å². The van der Waals surface area contributed by atoms with Gasteiger partial charge in [-0.25, -0.2) is 4.79 Å². The van der Waals surface area contributed by atoms with E-state index in [0.717, 1.165) is 11.1 Å². The Balaban J connectivity index is 1.56. The average Bonchev–Trinajstić information content (AvgIpc) is 3.23. The lowest BCUT2D eigenvalue weighted by Crippen LogP contribution is -2.28. The minimum atomic E-state index is -4.21. The number of hydrogen-bond donors (Lipinski definition) is 0. The number of carbonyl (C=O) groups is 1. The molecule has 2 aliphatic rings. The van der Waals surface area contributed by atoms with Crippen LogP contribution < -0.4 is 4.90 Å². The molecule has 0 fully saturated rings. The van der Waals surface area contributed by atoms with E-state index in [0.29, 0.717) is 42.7 Å². The predicted molar refractivity (Wildman–Crippen MR) is 90.4 cm³/mol. The molecular formula is C19H19F3N2O3. The van der Waals surface area contributed by atoms with Gasteiger partial charge in [-0.1, -0.05) is 12.1 Å². The van der Waals surface area contributed by atoms with E-state index in [-0.39, 0.29) is 25.2 Å². The summed E-state index contributed by atoms with van der Waals surface area (Å²) in [6.07, 6.45) is -4.09. The Hall–Kier alpha value is -2.51. The van der Waals surface area contributed by atoms with Crippen LogP contribution in [0.3, 0.4) is 0 Å². The zero-order chi connectivity index (χ0) is 19.2. The van der Waals surface area contributed by atoms with Gasteiger partial charge in [0.25, 0.3) is 6.01 Å². The molecule has 1 aromatic carbocycles. The molecule has 0 saturated heterocycles. The second kappa shape index (κ2) is 6.58. The number of rotatable bonds is 3. The fourth-order valence-electron chi connectivity index (χ4n) is 3.74. The number of oxazole rings is 1. The number of benzene rings is 1. The van der Waals surface area contributed by atoms with Crippen molar-refractivity contribution in [2.75, 3.05) is 11.5 Å². The van der Waals surface area contributed by atoms with Crippen LogP contribution in [0.1, 0.15) is 46.3 Å². The summed E-state index contributed by atoms with van der Waals surface area (Å²) in [5.41, 5.74) is 2.70. The van der Waals surface area contributed by atoms with Crippen molar-refractivity contribution < 1.29 is 27.1 Å². The molecule has 27 heavy (non-hydrogen) atoms. The van der Waals surface area contributed by atoms with E-state index in [1.54, 1.807) is 19.1 Å². The molecule has 1 atom stereocenters. The molecule has 8 heteroatoms. The lowest BCUT2D eigenvalue weighted by molar-refractivity contribution is -0.177. The maximum absolute atomic E-state index is 13.0. The van der Waals surface area contributed by atoms with Gasteiger partial charge in [-0.05, 0) is 30.5 Å². The Kier molecular flexibility index (Phi) is 4.36. The van der Waals surface area contributed by atoms with E-state index in [2.05, 4.69) is 4.98 Å². The van der Waals surface area contributed by atoms with Crippen LogP contribution in [0.25, 0.3) is 0 Å². The Morgan fingerprint density at radius 3 is 2.93 bits per heavy atom. The van der Waals surface area contributed by atoms with Crippen molar-refractivity contribution in [2.45, 2.75) is 45.5 Å². The second-order valence-corrected chi connectivity index (χ2v) is 6.87. The number of carbonyl (C=O) groups excluding carboxylic acids is 1. The normalized spacial score (nSPS) is 19.0. The maximum atomic E-state index is 13.0. The van der Waals surface area contributed by atoms with Crippen molar-refractivity contribution in [3.63, 3.8) is 0 Å². The fourth-order valence-corrected chi connectivity index (χ4v) is 3.74. The summed E-state index contributed by atoms with van der Waals surface area (Å²) in [5.74, 6) is -1.21. The fraction of sp³-hybridized carbons (Fsp3) is 0.474. The summed E-state index contributed by atoms with van der Waals surface area (Å²) in [6, 6.07) is 5.74. The molecule has 1 aliphatic heterocycles. The number of halogens is 3. The molecule has 5 nitrogen and oxygen atoms in total. The van der Waals surface area contributed by atoms with Crippen LogP contribution in [0, 0.1) is 5.92 Å². The van der Waals surface area contributed by atoms with Gasteiger partial charge in [0.1, 0.15) is 5.76 Å². The Morgan fingerprint density at radius 2 is 2.19 bits per heavy atom. The van der Waals surface area contributed by atoms with E-state index in [4.69, 9.17) is 9.15 Å². The number of aryl methyl sites for hydroxylation is 1. The van der Waals surface area contributed by atoms with E-state index < -0.39 is 12.1 Å². The largest absolute Gasteiger partial charge is 0.462 e. The summed E-state index contributed by atoms with van der Waals surface area (Å²) >= 11 is 0. The molecular weight excluding hydrogens is 361 g/mol. The van der Waals surface area contributed by atoms with Crippen LogP contribution in [-0.2, 0) is 30.7 Å². The van der Waals surface area contributed by atoms with Gasteiger partial charge < -0.3 is 14.1 Å². The van der Waals surface area contributed by atoms with Crippen LogP contribution >= 0.6 is 0 Å². The molecule has 2 aromatic rings. The highest BCUT2D eigenvalue weighted by atomic mass is 19.4. The molecule has 0 spiro atoms. The van der Waals surface area contributed by atoms with E-state index in [9.17, 15) is 18.0 Å². The third kappa shape index (κ3) is 3.28. The van der Waals surface area contributed by atoms with E-state index >= 15 is 0 Å². The van der Waals surface area contributed by atoms with Crippen LogP contribution in [0.5, 0.6) is 0 Å². The molecule has 1 aliphatic carbocycles. The quantitative estimate of drug-likeness (QED) is 0.753. The first-order chi connectivity index (χ1) is 12.9. The van der Waals surface area contributed by atoms with Gasteiger partial charge in [-0.15, -0.1) is 0 Å². The number of nitrogens with zero attached hydrogens (tertiary/aromatic N) is 2. The molecule has 0 radical (unpaired) electrons. The number of hydrogen-bond acceptors (Lipinski definition) is 5. The SMILES string of the molecule is CCOC(=O)c1cccc2c1CN(c1nc3c(o1)CCC(C(F)(F)F)C3)C2. The number of fused-ring (bicyclic) bond motifs is 2. The van der Waals surface area contributed by atoms with Crippen LogP contribution in [0.4, 0.5) is 19.2 Å². The molecule has 1 unspecified atom stereocenters. The lowest BCUT2D eigenvalue weighted by atomic mass is 9.90. The van der Waals surface area contributed by atoms with Gasteiger partial charge in [-0.2, -0.15) is 18.2 Å². The van der Waals surface area contributed by atoms with Crippen LogP contribution in [0.15, 0.2) is 22.6 Å². The number of alkyl halides is 3. The second-order valence-electron chi connectivity index (χ2n) is 6.87. The third-order valence-electron chi connectivity index (χ3n) is 5.14. The standard InChI is InChI=1S/C19H19F3N2O3/c1-2-26-17(25)13-5-3-4-11-9-24(10-14(11)13)18-23-15-8-12(19(20,21)22)6-7-16(15)27-18/h3-5,12H,2,6-10H2,1H3. The molecule has 4 rings (SSSR count). The first-order valence-corrected chi connectivity index (χ1v) is 8.95. The molecule has 1 aromatic heterocycles. The van der Waals surface area contributed by atoms with Crippen molar-refractivity contribution in [3.8, 4) is 0 Å². The molecule has 0 bridgehead atoms. The molecule has 144 valence electrons. The van der Waals surface area contributed by atoms with Crippen molar-refractivity contribution >= 4 is 12.0 Å². The number of anilines is 1. The molecule has 2 heterocycles. The average molecular weight is 380 g/mol. The smallest absolute Gasteiger partial charge is 0.392 e. The van der Waals surface area contributed by atoms with Crippen molar-refractivity contribution in [3.05, 3.63) is 46.3 Å². The topological polar surface area (TPSA) is 55.6 Å². The summed E-state index contributed by atoms with van der Waals surface area (Å²) in [7, 11) is 0. The predicted octanol–water partition coefficient (Wildman–Crippen LogP) is 4.04. The number of esters is 1. The highest BCUT2D eigenvalue weighted by Crippen LogP contribution is 2.39. The number of ether oxygens (including phenoxy) is 1. The number of aromatic nitrogens is 1. The lowest BCUT2D eigenvalue weighted by Gasteiger charge is -2.22. The van der Waals surface area contributed by atoms with Gasteiger partial charge in [0.05, 0.1) is 23.8 Å².